The van der Waals surface area contributed by atoms with Crippen LogP contribution in [0.3, 0.4) is 0 Å². The summed E-state index contributed by atoms with van der Waals surface area (Å²) in [7, 11) is -2.65. The Hall–Kier alpha value is -5.55. The average molecular weight is 635 g/mol. The van der Waals surface area contributed by atoms with Gasteiger partial charge in [0.15, 0.2) is 8.07 Å². The molecule has 9 rings (SSSR count). The van der Waals surface area contributed by atoms with Crippen molar-refractivity contribution in [3.8, 4) is 17.1 Å². The molecule has 3 heterocycles. The Morgan fingerprint density at radius 2 is 1.09 bits per heavy atom. The maximum atomic E-state index is 5.37. The molecule has 222 valence electrons. The number of fused-ring (bicyclic) bond motifs is 5. The number of aromatic nitrogens is 2. The molecule has 4 heteroatoms. The fourth-order valence-electron chi connectivity index (χ4n) is 7.44. The van der Waals surface area contributed by atoms with Crippen molar-refractivity contribution in [1.82, 2.24) is 9.55 Å². The highest BCUT2D eigenvalue weighted by atomic mass is 32.1. The molecular formula is C43H30N2SSi. The molecule has 9 aromatic rings. The van der Waals surface area contributed by atoms with Gasteiger partial charge in [-0.05, 0) is 49.7 Å². The van der Waals surface area contributed by atoms with Crippen LogP contribution in [-0.4, -0.2) is 17.6 Å². The van der Waals surface area contributed by atoms with Gasteiger partial charge in [-0.15, -0.1) is 11.3 Å². The number of hydrogen-bond acceptors (Lipinski definition) is 2. The van der Waals surface area contributed by atoms with E-state index in [2.05, 4.69) is 185 Å². The number of nitrogens with zero attached hydrogens (tertiary/aromatic N) is 2. The molecule has 0 aliphatic carbocycles. The third-order valence-corrected chi connectivity index (χ3v) is 15.0. The third-order valence-electron chi connectivity index (χ3n) is 9.47. The molecular weight excluding hydrogens is 605 g/mol. The van der Waals surface area contributed by atoms with E-state index in [0.717, 1.165) is 17.1 Å². The van der Waals surface area contributed by atoms with Crippen molar-refractivity contribution in [2.24, 2.45) is 0 Å². The summed E-state index contributed by atoms with van der Waals surface area (Å²) < 4.78 is 2.33. The zero-order chi connectivity index (χ0) is 31.2. The molecule has 0 spiro atoms. The molecule has 3 aromatic heterocycles. The smallest absolute Gasteiger partial charge is 0.179 e. The summed E-state index contributed by atoms with van der Waals surface area (Å²) in [5.41, 5.74) is 4.46. The quantitative estimate of drug-likeness (QED) is 0.133. The van der Waals surface area contributed by atoms with Crippen molar-refractivity contribution in [3.05, 3.63) is 181 Å². The molecule has 0 bridgehead atoms. The van der Waals surface area contributed by atoms with Crippen LogP contribution in [0.5, 0.6) is 0 Å². The molecule has 0 saturated carbocycles. The number of pyridine rings is 1. The Kier molecular flexibility index (Phi) is 6.70. The SMILES string of the molecule is c1ccc([Si](c2ccccc2)(c2ccccc2)c2cccc(-c3cccc(-n4c5cscc5c5c6ccccc6ccc54)n3)c2)cc1. The van der Waals surface area contributed by atoms with Crippen LogP contribution < -0.4 is 20.7 Å². The van der Waals surface area contributed by atoms with Crippen LogP contribution in [0, 0.1) is 0 Å². The lowest BCUT2D eigenvalue weighted by atomic mass is 10.1. The Morgan fingerprint density at radius 1 is 0.468 bits per heavy atom. The number of hydrogen-bond donors (Lipinski definition) is 0. The summed E-state index contributed by atoms with van der Waals surface area (Å²) in [6, 6.07) is 62.0. The molecule has 6 aromatic carbocycles. The molecule has 47 heavy (non-hydrogen) atoms. The largest absolute Gasteiger partial charge is 0.293 e. The summed E-state index contributed by atoms with van der Waals surface area (Å²) in [6.07, 6.45) is 0. The number of thiophene rings is 1. The highest BCUT2D eigenvalue weighted by Crippen LogP contribution is 2.38. The standard InChI is InChI=1S/C43H30N2SSi/c1-4-16-33(17-5-1)47(34-18-6-2-7-19-34,35-20-8-3-9-21-35)36-22-12-15-32(28-36)39-24-13-25-42(44-39)45-40-27-26-31-14-10-11-23-37(31)43(40)38-29-46-30-41(38)45/h1-30H. The second kappa shape index (κ2) is 11.4. The van der Waals surface area contributed by atoms with Crippen molar-refractivity contribution >= 4 is 72.7 Å². The Morgan fingerprint density at radius 3 is 1.79 bits per heavy atom. The van der Waals surface area contributed by atoms with Gasteiger partial charge in [-0.3, -0.25) is 4.57 Å². The maximum absolute atomic E-state index is 5.37. The van der Waals surface area contributed by atoms with Crippen molar-refractivity contribution < 1.29 is 0 Å². The van der Waals surface area contributed by atoms with Crippen molar-refractivity contribution in [1.29, 1.82) is 0 Å². The van der Waals surface area contributed by atoms with Gasteiger partial charge in [-0.1, -0.05) is 152 Å². The minimum absolute atomic E-state index is 0.930. The molecule has 0 amide bonds. The maximum Gasteiger partial charge on any atom is 0.179 e. The van der Waals surface area contributed by atoms with E-state index in [0.29, 0.717) is 0 Å². The monoisotopic (exact) mass is 634 g/mol. The number of rotatable bonds is 6. The van der Waals surface area contributed by atoms with Crippen molar-refractivity contribution in [3.63, 3.8) is 0 Å². The molecule has 0 atom stereocenters. The van der Waals surface area contributed by atoms with Gasteiger partial charge in [0.05, 0.1) is 16.7 Å². The van der Waals surface area contributed by atoms with Gasteiger partial charge in [0.2, 0.25) is 0 Å². The summed E-state index contributed by atoms with van der Waals surface area (Å²) in [5, 5.41) is 15.0. The first-order chi connectivity index (χ1) is 23.3. The summed E-state index contributed by atoms with van der Waals surface area (Å²) >= 11 is 1.75. The van der Waals surface area contributed by atoms with E-state index >= 15 is 0 Å². The summed E-state index contributed by atoms with van der Waals surface area (Å²) in [6.45, 7) is 0. The summed E-state index contributed by atoms with van der Waals surface area (Å²) in [4.78, 5) is 5.37. The van der Waals surface area contributed by atoms with E-state index in [1.54, 1.807) is 11.3 Å². The van der Waals surface area contributed by atoms with Gasteiger partial charge in [0.25, 0.3) is 0 Å². The van der Waals surface area contributed by atoms with Crippen LogP contribution in [0.4, 0.5) is 0 Å². The molecule has 0 aliphatic heterocycles. The van der Waals surface area contributed by atoms with Crippen LogP contribution >= 0.6 is 11.3 Å². The zero-order valence-corrected chi connectivity index (χ0v) is 27.4. The second-order valence-electron chi connectivity index (χ2n) is 12.0. The first kappa shape index (κ1) is 27.7. The Labute approximate surface area is 278 Å². The van der Waals surface area contributed by atoms with Crippen LogP contribution in [0.15, 0.2) is 181 Å². The molecule has 2 nitrogen and oxygen atoms in total. The molecule has 0 saturated heterocycles. The predicted molar refractivity (Wildman–Crippen MR) is 203 cm³/mol. The Balaban J connectivity index is 1.25. The van der Waals surface area contributed by atoms with E-state index < -0.39 is 8.07 Å². The third kappa shape index (κ3) is 4.41. The minimum atomic E-state index is -2.65. The minimum Gasteiger partial charge on any atom is -0.293 e. The van der Waals surface area contributed by atoms with Gasteiger partial charge in [-0.2, -0.15) is 0 Å². The molecule has 0 N–H and O–H groups in total. The molecule has 0 unspecified atom stereocenters. The molecule has 0 radical (unpaired) electrons. The van der Waals surface area contributed by atoms with Crippen molar-refractivity contribution in [2.45, 2.75) is 0 Å². The lowest BCUT2D eigenvalue weighted by Gasteiger charge is -2.34. The summed E-state index contributed by atoms with van der Waals surface area (Å²) in [5.74, 6) is 0.930. The van der Waals surface area contributed by atoms with Gasteiger partial charge in [0.1, 0.15) is 5.82 Å². The second-order valence-corrected chi connectivity index (χ2v) is 16.5. The van der Waals surface area contributed by atoms with E-state index in [4.69, 9.17) is 4.98 Å². The topological polar surface area (TPSA) is 17.8 Å². The zero-order valence-electron chi connectivity index (χ0n) is 25.6. The van der Waals surface area contributed by atoms with Crippen LogP contribution in [0.1, 0.15) is 0 Å². The van der Waals surface area contributed by atoms with E-state index in [9.17, 15) is 0 Å². The van der Waals surface area contributed by atoms with Crippen LogP contribution in [0.25, 0.3) is 49.7 Å². The van der Waals surface area contributed by atoms with Gasteiger partial charge < -0.3 is 0 Å². The van der Waals surface area contributed by atoms with E-state index in [-0.39, 0.29) is 0 Å². The van der Waals surface area contributed by atoms with Gasteiger partial charge >= 0.3 is 0 Å². The van der Waals surface area contributed by atoms with E-state index in [1.165, 1.54) is 53.3 Å². The lowest BCUT2D eigenvalue weighted by Crippen LogP contribution is -2.74. The highest BCUT2D eigenvalue weighted by Gasteiger charge is 2.41. The first-order valence-corrected chi connectivity index (χ1v) is 18.9. The Bertz CT molecular complexity index is 2420. The lowest BCUT2D eigenvalue weighted by molar-refractivity contribution is 1.09. The van der Waals surface area contributed by atoms with E-state index in [1.807, 2.05) is 0 Å². The van der Waals surface area contributed by atoms with Crippen LogP contribution in [0.2, 0.25) is 0 Å². The highest BCUT2D eigenvalue weighted by molar-refractivity contribution is 7.19. The fourth-order valence-corrected chi connectivity index (χ4v) is 13.0. The van der Waals surface area contributed by atoms with Gasteiger partial charge in [-0.25, -0.2) is 4.98 Å². The molecule has 0 fully saturated rings. The molecule has 0 aliphatic rings. The predicted octanol–water partition coefficient (Wildman–Crippen LogP) is 8.44. The van der Waals surface area contributed by atoms with Crippen LogP contribution in [-0.2, 0) is 0 Å². The van der Waals surface area contributed by atoms with Crippen molar-refractivity contribution in [2.75, 3.05) is 0 Å². The van der Waals surface area contributed by atoms with Gasteiger partial charge in [0, 0.05) is 27.1 Å². The first-order valence-electron chi connectivity index (χ1n) is 16.0. The fraction of sp³-hybridized carbons (Fsp3) is 0. The normalized spacial score (nSPS) is 11.8. The average Bonchev–Trinajstić information content (AvgIpc) is 3.75. The number of benzene rings is 6.